The number of carbonyl (C=O) groups excluding carboxylic acids is 2. The van der Waals surface area contributed by atoms with E-state index in [9.17, 15) is 14.7 Å². The van der Waals surface area contributed by atoms with E-state index in [1.807, 2.05) is 34.6 Å². The highest BCUT2D eigenvalue weighted by Crippen LogP contribution is 2.33. The molecule has 0 amide bonds. The molecule has 41 heavy (non-hydrogen) atoms. The molecule has 0 aliphatic carbocycles. The van der Waals surface area contributed by atoms with Crippen molar-refractivity contribution in [2.24, 2.45) is 35.5 Å². The van der Waals surface area contributed by atoms with Crippen LogP contribution in [-0.4, -0.2) is 43.7 Å². The van der Waals surface area contributed by atoms with Crippen LogP contribution in [0.15, 0.2) is 18.7 Å². The second kappa shape index (κ2) is 18.4. The standard InChI is InChI=1S/C13H22N2O3.C11H22O2.C9H20O/c1-6-11(4)13(5,10(2)3)17-12(16)18-15-8-7-14-9-15;1-7-9(4)11(6,8(2)3)13-10(5)12;1-6-8(4)9(5,10)7(2)3/h7-11H,6H2,1-5H3;8-9H,7H2,1-6H3;7-8,10H,6H2,1-5H3. The van der Waals surface area contributed by atoms with E-state index in [2.05, 4.69) is 74.2 Å². The smallest absolute Gasteiger partial charge is 0.459 e. The Bertz CT molecular complexity index is 852. The molecule has 0 fully saturated rings. The Labute approximate surface area is 251 Å². The Morgan fingerprint density at radius 2 is 1.17 bits per heavy atom. The molecule has 1 rings (SSSR count). The first-order valence-corrected chi connectivity index (χ1v) is 15.5. The number of imidazole rings is 1. The van der Waals surface area contributed by atoms with E-state index < -0.39 is 17.4 Å². The van der Waals surface area contributed by atoms with Crippen LogP contribution in [0.5, 0.6) is 0 Å². The van der Waals surface area contributed by atoms with Crippen LogP contribution in [0.25, 0.3) is 0 Å². The van der Waals surface area contributed by atoms with E-state index in [1.165, 1.54) is 30.4 Å². The molecule has 0 spiro atoms. The van der Waals surface area contributed by atoms with Gasteiger partial charge in [0.2, 0.25) is 0 Å². The Morgan fingerprint density at radius 3 is 1.44 bits per heavy atom. The van der Waals surface area contributed by atoms with Crippen molar-refractivity contribution in [3.63, 3.8) is 0 Å². The molecule has 6 unspecified atom stereocenters. The van der Waals surface area contributed by atoms with Crippen molar-refractivity contribution in [2.45, 2.75) is 147 Å². The van der Waals surface area contributed by atoms with Gasteiger partial charge in [-0.05, 0) is 69.1 Å². The summed E-state index contributed by atoms with van der Waals surface area (Å²) in [5.74, 6) is 1.78. The first-order valence-electron chi connectivity index (χ1n) is 15.5. The predicted molar refractivity (Wildman–Crippen MR) is 167 cm³/mol. The molecule has 0 aromatic carbocycles. The van der Waals surface area contributed by atoms with Crippen molar-refractivity contribution in [1.29, 1.82) is 0 Å². The molecule has 8 nitrogen and oxygen atoms in total. The average Bonchev–Trinajstić information content (AvgIpc) is 3.39. The third-order valence-corrected chi connectivity index (χ3v) is 9.58. The second-order valence-electron chi connectivity index (χ2n) is 12.9. The summed E-state index contributed by atoms with van der Waals surface area (Å²) in [4.78, 5) is 31.5. The highest BCUT2D eigenvalue weighted by Gasteiger charge is 2.39. The molecule has 0 aliphatic rings. The summed E-state index contributed by atoms with van der Waals surface area (Å²) >= 11 is 0. The summed E-state index contributed by atoms with van der Waals surface area (Å²) in [7, 11) is 0. The first-order chi connectivity index (χ1) is 18.7. The number of carbonyl (C=O) groups is 2. The number of rotatable bonds is 12. The van der Waals surface area contributed by atoms with Crippen LogP contribution in [0.4, 0.5) is 4.79 Å². The van der Waals surface area contributed by atoms with Gasteiger partial charge in [-0.25, -0.2) is 9.78 Å². The van der Waals surface area contributed by atoms with Crippen LogP contribution in [-0.2, 0) is 14.3 Å². The molecule has 0 radical (unpaired) electrons. The molecule has 1 N–H and O–H groups in total. The molecule has 1 heterocycles. The van der Waals surface area contributed by atoms with Crippen molar-refractivity contribution in [3.8, 4) is 0 Å². The van der Waals surface area contributed by atoms with Crippen molar-refractivity contribution in [3.05, 3.63) is 18.7 Å². The molecule has 1 aromatic rings. The monoisotopic (exact) mass is 584 g/mol. The number of ether oxygens (including phenoxy) is 2. The van der Waals surface area contributed by atoms with E-state index in [4.69, 9.17) is 14.3 Å². The summed E-state index contributed by atoms with van der Waals surface area (Å²) in [6.45, 7) is 32.4. The highest BCUT2D eigenvalue weighted by molar-refractivity contribution is 5.66. The third kappa shape index (κ3) is 13.2. The molecule has 0 aliphatic heterocycles. The summed E-state index contributed by atoms with van der Waals surface area (Å²) in [6, 6.07) is 0. The molecule has 0 saturated carbocycles. The zero-order valence-electron chi connectivity index (χ0n) is 29.2. The Balaban J connectivity index is 0. The maximum Gasteiger partial charge on any atom is 0.534 e. The fourth-order valence-corrected chi connectivity index (χ4v) is 4.26. The summed E-state index contributed by atoms with van der Waals surface area (Å²) < 4.78 is 12.2. The van der Waals surface area contributed by atoms with Gasteiger partial charge in [0.25, 0.3) is 0 Å². The Hall–Kier alpha value is -2.09. The lowest BCUT2D eigenvalue weighted by atomic mass is 9.79. The third-order valence-electron chi connectivity index (χ3n) is 9.58. The van der Waals surface area contributed by atoms with Gasteiger partial charge in [0.1, 0.15) is 17.5 Å². The summed E-state index contributed by atoms with van der Waals surface area (Å²) in [6.07, 6.45) is 6.78. The van der Waals surface area contributed by atoms with E-state index in [-0.39, 0.29) is 23.4 Å². The second-order valence-corrected chi connectivity index (χ2v) is 12.9. The molecule has 0 bridgehead atoms. The van der Waals surface area contributed by atoms with Gasteiger partial charge in [-0.3, -0.25) is 4.79 Å². The number of hydrogen-bond acceptors (Lipinski definition) is 7. The highest BCUT2D eigenvalue weighted by atomic mass is 16.8. The van der Waals surface area contributed by atoms with Crippen LogP contribution >= 0.6 is 0 Å². The number of nitrogens with zero attached hydrogens (tertiary/aromatic N) is 2. The predicted octanol–water partition coefficient (Wildman–Crippen LogP) is 8.36. The van der Waals surface area contributed by atoms with E-state index >= 15 is 0 Å². The quantitative estimate of drug-likeness (QED) is 0.246. The van der Waals surface area contributed by atoms with Crippen LogP contribution in [0, 0.1) is 35.5 Å². The topological polar surface area (TPSA) is 99.9 Å². The van der Waals surface area contributed by atoms with E-state index in [1.54, 1.807) is 0 Å². The number of aromatic nitrogens is 2. The lowest BCUT2D eigenvalue weighted by molar-refractivity contribution is -0.167. The first kappa shape index (κ1) is 41.0. The molecular formula is C33H64N2O6. The van der Waals surface area contributed by atoms with E-state index in [0.29, 0.717) is 23.7 Å². The molecule has 242 valence electrons. The number of esters is 1. The zero-order chi connectivity index (χ0) is 32.8. The van der Waals surface area contributed by atoms with Gasteiger partial charge in [-0.1, -0.05) is 89.5 Å². The largest absolute Gasteiger partial charge is 0.534 e. The SMILES string of the molecule is CCC(C)C(C)(O)C(C)C.CCC(C)C(C)(OC(=O)On1ccnc1)C(C)C.CCC(C)C(C)(OC(C)=O)C(C)C. The van der Waals surface area contributed by atoms with Gasteiger partial charge < -0.3 is 19.4 Å². The molecule has 6 atom stereocenters. The summed E-state index contributed by atoms with van der Waals surface area (Å²) in [5, 5.41) is 9.86. The van der Waals surface area contributed by atoms with Gasteiger partial charge >= 0.3 is 12.1 Å². The van der Waals surface area contributed by atoms with E-state index in [0.717, 1.165) is 19.3 Å². The van der Waals surface area contributed by atoms with Crippen LogP contribution in [0.1, 0.15) is 130 Å². The van der Waals surface area contributed by atoms with Crippen LogP contribution < -0.4 is 4.84 Å². The van der Waals surface area contributed by atoms with Crippen molar-refractivity contribution < 1.29 is 29.0 Å². The summed E-state index contributed by atoms with van der Waals surface area (Å²) in [5.41, 5.74) is -1.35. The number of aliphatic hydroxyl groups is 1. The fourth-order valence-electron chi connectivity index (χ4n) is 4.26. The molecule has 0 saturated heterocycles. The van der Waals surface area contributed by atoms with Crippen LogP contribution in [0.3, 0.4) is 0 Å². The van der Waals surface area contributed by atoms with Gasteiger partial charge in [-0.15, -0.1) is 0 Å². The molecule has 1 aromatic heterocycles. The minimum Gasteiger partial charge on any atom is -0.459 e. The maximum absolute atomic E-state index is 11.8. The van der Waals surface area contributed by atoms with Gasteiger partial charge in [-0.2, -0.15) is 4.73 Å². The zero-order valence-corrected chi connectivity index (χ0v) is 29.2. The fraction of sp³-hybridized carbons (Fsp3) is 0.848. The van der Waals surface area contributed by atoms with Gasteiger partial charge in [0.15, 0.2) is 0 Å². The number of hydrogen-bond donors (Lipinski definition) is 1. The van der Waals surface area contributed by atoms with Gasteiger partial charge in [0.05, 0.1) is 11.8 Å². The lowest BCUT2D eigenvalue weighted by Gasteiger charge is -2.38. The average molecular weight is 585 g/mol. The van der Waals surface area contributed by atoms with Crippen molar-refractivity contribution in [2.75, 3.05) is 0 Å². The molecule has 8 heteroatoms. The molecular weight excluding hydrogens is 520 g/mol. The van der Waals surface area contributed by atoms with Crippen molar-refractivity contribution >= 4 is 12.1 Å². The minimum absolute atomic E-state index is 0.184. The maximum atomic E-state index is 11.8. The van der Waals surface area contributed by atoms with Crippen molar-refractivity contribution in [1.82, 2.24) is 9.71 Å². The Kier molecular flexibility index (Phi) is 18.5. The lowest BCUT2D eigenvalue weighted by Crippen LogP contribution is -2.44. The van der Waals surface area contributed by atoms with Gasteiger partial charge in [0, 0.05) is 13.1 Å². The van der Waals surface area contributed by atoms with Crippen LogP contribution in [0.2, 0.25) is 0 Å². The normalized spacial score (nSPS) is 17.9. The Morgan fingerprint density at radius 1 is 0.756 bits per heavy atom. The minimum atomic E-state index is -0.704.